The van der Waals surface area contributed by atoms with Crippen LogP contribution in [0.4, 0.5) is 5.69 Å². The average Bonchev–Trinajstić information content (AvgIpc) is 2.66. The molecule has 0 unspecified atom stereocenters. The zero-order valence-corrected chi connectivity index (χ0v) is 12.6. The fraction of sp³-hybridized carbons (Fsp3) is 0.400. The number of hydrogen-bond donors (Lipinski definition) is 1. The van der Waals surface area contributed by atoms with Crippen LogP contribution in [0.25, 0.3) is 10.9 Å². The van der Waals surface area contributed by atoms with Gasteiger partial charge in [-0.2, -0.15) is 0 Å². The smallest absolute Gasteiger partial charge is 0.130 e. The van der Waals surface area contributed by atoms with Gasteiger partial charge in [-0.1, -0.05) is 6.42 Å². The fourth-order valence-corrected chi connectivity index (χ4v) is 3.27. The van der Waals surface area contributed by atoms with E-state index in [9.17, 15) is 0 Å². The third-order valence-corrected chi connectivity index (χ3v) is 4.48. The van der Waals surface area contributed by atoms with Crippen LogP contribution in [0.5, 0.6) is 5.75 Å². The molecule has 0 fully saturated rings. The Morgan fingerprint density at radius 2 is 2.00 bits per heavy atom. The first-order valence-corrected chi connectivity index (χ1v) is 7.45. The normalized spacial score (nSPS) is 15.1. The van der Waals surface area contributed by atoms with E-state index in [1.165, 1.54) is 24.8 Å². The molecule has 100 valence electrons. The number of anilines is 1. The number of ether oxygens (including phenoxy) is 1. The summed E-state index contributed by atoms with van der Waals surface area (Å²) in [4.78, 5) is 4.84. The van der Waals surface area contributed by atoms with Crippen LogP contribution in [0.15, 0.2) is 16.6 Å². The molecule has 0 saturated heterocycles. The number of rotatable bonds is 1. The van der Waals surface area contributed by atoms with Crippen molar-refractivity contribution in [3.63, 3.8) is 0 Å². The molecule has 0 amide bonds. The van der Waals surface area contributed by atoms with Crippen LogP contribution in [0, 0.1) is 0 Å². The first kappa shape index (κ1) is 12.7. The Balaban J connectivity index is 2.37. The van der Waals surface area contributed by atoms with Crippen molar-refractivity contribution in [1.29, 1.82) is 0 Å². The summed E-state index contributed by atoms with van der Waals surface area (Å²) in [6.45, 7) is 0. The van der Waals surface area contributed by atoms with Crippen molar-refractivity contribution in [2.45, 2.75) is 32.1 Å². The number of aryl methyl sites for hydroxylation is 1. The lowest BCUT2D eigenvalue weighted by atomic mass is 10.0. The second kappa shape index (κ2) is 5.00. The molecule has 3 nitrogen and oxygen atoms in total. The molecule has 0 radical (unpaired) electrons. The van der Waals surface area contributed by atoms with Gasteiger partial charge >= 0.3 is 0 Å². The molecule has 0 spiro atoms. The molecule has 1 aromatic carbocycles. The van der Waals surface area contributed by atoms with Crippen LogP contribution in [0.3, 0.4) is 0 Å². The van der Waals surface area contributed by atoms with Gasteiger partial charge in [-0.15, -0.1) is 0 Å². The molecule has 1 aliphatic rings. The minimum atomic E-state index is 0.801. The standard InChI is InChI=1S/C15H17BrN2O/c1-19-12-8-7-10(16)15-13(12)14(17)9-5-3-2-4-6-11(9)18-15/h7-8H,2-6H2,1H3,(H2,17,18). The number of aromatic nitrogens is 1. The molecule has 4 heteroatoms. The Morgan fingerprint density at radius 1 is 1.21 bits per heavy atom. The van der Waals surface area contributed by atoms with Gasteiger partial charge in [0.25, 0.3) is 0 Å². The van der Waals surface area contributed by atoms with Crippen molar-refractivity contribution in [1.82, 2.24) is 4.98 Å². The Morgan fingerprint density at radius 3 is 2.79 bits per heavy atom. The average molecular weight is 321 g/mol. The second-order valence-corrected chi connectivity index (χ2v) is 5.84. The van der Waals surface area contributed by atoms with E-state index in [4.69, 9.17) is 15.5 Å². The molecule has 0 bridgehead atoms. The van der Waals surface area contributed by atoms with E-state index in [1.54, 1.807) is 7.11 Å². The lowest BCUT2D eigenvalue weighted by molar-refractivity contribution is 0.420. The molecule has 19 heavy (non-hydrogen) atoms. The molecule has 2 aromatic rings. The van der Waals surface area contributed by atoms with Crippen molar-refractivity contribution in [2.24, 2.45) is 0 Å². The highest BCUT2D eigenvalue weighted by Gasteiger charge is 2.19. The topological polar surface area (TPSA) is 48.1 Å². The van der Waals surface area contributed by atoms with Crippen molar-refractivity contribution in [3.05, 3.63) is 27.9 Å². The van der Waals surface area contributed by atoms with Gasteiger partial charge < -0.3 is 10.5 Å². The molecule has 3 rings (SSSR count). The van der Waals surface area contributed by atoms with Crippen LogP contribution in [0.2, 0.25) is 0 Å². The lowest BCUT2D eigenvalue weighted by Crippen LogP contribution is -2.04. The molecule has 2 N–H and O–H groups in total. The summed E-state index contributed by atoms with van der Waals surface area (Å²) in [5.41, 5.74) is 10.6. The van der Waals surface area contributed by atoms with E-state index in [0.717, 1.165) is 45.3 Å². The second-order valence-electron chi connectivity index (χ2n) is 4.98. The Labute approximate surface area is 121 Å². The zero-order chi connectivity index (χ0) is 13.4. The number of nitrogens with zero attached hydrogens (tertiary/aromatic N) is 1. The van der Waals surface area contributed by atoms with E-state index in [-0.39, 0.29) is 0 Å². The van der Waals surface area contributed by atoms with E-state index >= 15 is 0 Å². The van der Waals surface area contributed by atoms with Gasteiger partial charge in [0.05, 0.1) is 18.0 Å². The monoisotopic (exact) mass is 320 g/mol. The van der Waals surface area contributed by atoms with Crippen molar-refractivity contribution in [2.75, 3.05) is 12.8 Å². The van der Waals surface area contributed by atoms with Gasteiger partial charge in [-0.05, 0) is 59.3 Å². The Hall–Kier alpha value is -1.29. The molecule has 0 atom stereocenters. The summed E-state index contributed by atoms with van der Waals surface area (Å²) in [6.07, 6.45) is 5.70. The van der Waals surface area contributed by atoms with Crippen LogP contribution in [-0.2, 0) is 12.8 Å². The van der Waals surface area contributed by atoms with Crippen LogP contribution in [-0.4, -0.2) is 12.1 Å². The number of halogens is 1. The maximum atomic E-state index is 6.41. The number of fused-ring (bicyclic) bond motifs is 2. The lowest BCUT2D eigenvalue weighted by Gasteiger charge is -2.15. The first-order chi connectivity index (χ1) is 9.22. The maximum Gasteiger partial charge on any atom is 0.130 e. The highest BCUT2D eigenvalue weighted by molar-refractivity contribution is 9.10. The molecule has 1 heterocycles. The SMILES string of the molecule is COc1ccc(Br)c2nc3c(c(N)c12)CCCCC3. The van der Waals surface area contributed by atoms with E-state index < -0.39 is 0 Å². The third-order valence-electron chi connectivity index (χ3n) is 3.84. The van der Waals surface area contributed by atoms with Crippen molar-refractivity contribution < 1.29 is 4.74 Å². The van der Waals surface area contributed by atoms with Gasteiger partial charge in [0.1, 0.15) is 5.75 Å². The van der Waals surface area contributed by atoms with E-state index in [1.807, 2.05) is 12.1 Å². The summed E-state index contributed by atoms with van der Waals surface area (Å²) in [6, 6.07) is 3.91. The predicted molar refractivity (Wildman–Crippen MR) is 81.7 cm³/mol. The quantitative estimate of drug-likeness (QED) is 0.812. The van der Waals surface area contributed by atoms with Gasteiger partial charge in [0, 0.05) is 15.9 Å². The largest absolute Gasteiger partial charge is 0.496 e. The maximum absolute atomic E-state index is 6.41. The highest BCUT2D eigenvalue weighted by Crippen LogP contribution is 2.38. The number of pyridine rings is 1. The van der Waals surface area contributed by atoms with E-state index in [0.29, 0.717) is 0 Å². The number of benzene rings is 1. The van der Waals surface area contributed by atoms with Gasteiger partial charge in [-0.3, -0.25) is 4.98 Å². The van der Waals surface area contributed by atoms with Crippen LogP contribution >= 0.6 is 15.9 Å². The van der Waals surface area contributed by atoms with Crippen molar-refractivity contribution in [3.8, 4) is 5.75 Å². The molecule has 0 saturated carbocycles. The van der Waals surface area contributed by atoms with Gasteiger partial charge in [0.15, 0.2) is 0 Å². The molecule has 0 aliphatic heterocycles. The number of nitrogens with two attached hydrogens (primary N) is 1. The molecular formula is C15H17BrN2O. The highest BCUT2D eigenvalue weighted by atomic mass is 79.9. The van der Waals surface area contributed by atoms with Crippen molar-refractivity contribution >= 4 is 32.5 Å². The van der Waals surface area contributed by atoms with Gasteiger partial charge in [0.2, 0.25) is 0 Å². The Kier molecular flexibility index (Phi) is 3.35. The summed E-state index contributed by atoms with van der Waals surface area (Å²) >= 11 is 3.57. The minimum Gasteiger partial charge on any atom is -0.496 e. The van der Waals surface area contributed by atoms with Crippen LogP contribution < -0.4 is 10.5 Å². The molecule has 1 aromatic heterocycles. The first-order valence-electron chi connectivity index (χ1n) is 6.66. The summed E-state index contributed by atoms with van der Waals surface area (Å²) in [5, 5.41) is 0.942. The van der Waals surface area contributed by atoms with Gasteiger partial charge in [-0.25, -0.2) is 0 Å². The summed E-state index contributed by atoms with van der Waals surface area (Å²) < 4.78 is 6.42. The third kappa shape index (κ3) is 2.08. The number of nitrogen functional groups attached to an aromatic ring is 1. The summed E-state index contributed by atoms with van der Waals surface area (Å²) in [5.74, 6) is 0.801. The fourth-order valence-electron chi connectivity index (χ4n) is 2.85. The zero-order valence-electron chi connectivity index (χ0n) is 11.0. The number of hydrogen-bond acceptors (Lipinski definition) is 3. The summed E-state index contributed by atoms with van der Waals surface area (Å²) in [7, 11) is 1.67. The van der Waals surface area contributed by atoms with Crippen LogP contribution in [0.1, 0.15) is 30.5 Å². The predicted octanol–water partition coefficient (Wildman–Crippen LogP) is 3.86. The van der Waals surface area contributed by atoms with E-state index in [2.05, 4.69) is 15.9 Å². The molecular weight excluding hydrogens is 304 g/mol. The Bertz CT molecular complexity index is 640. The number of methoxy groups -OCH3 is 1. The molecule has 1 aliphatic carbocycles. The minimum absolute atomic E-state index is 0.801.